The molecule has 0 aromatic rings. The van der Waals surface area contributed by atoms with Gasteiger partial charge in [0.25, 0.3) is 0 Å². The molecule has 2 amide bonds. The molecule has 0 rings (SSSR count). The first-order valence-electron chi connectivity index (χ1n) is 5.00. The second kappa shape index (κ2) is 6.57. The Labute approximate surface area is 91.7 Å². The van der Waals surface area contributed by atoms with Crippen LogP contribution in [0.2, 0.25) is 19.1 Å². The van der Waals surface area contributed by atoms with E-state index in [0.29, 0.717) is 12.5 Å². The lowest BCUT2D eigenvalue weighted by molar-refractivity contribution is -0.121. The quantitative estimate of drug-likeness (QED) is 0.516. The predicted octanol–water partition coefficient (Wildman–Crippen LogP) is 0.438. The van der Waals surface area contributed by atoms with Crippen LogP contribution in [0, 0.1) is 0 Å². The number of rotatable bonds is 6. The van der Waals surface area contributed by atoms with E-state index < -0.39 is 8.32 Å². The predicted molar refractivity (Wildman–Crippen MR) is 60.7 cm³/mol. The van der Waals surface area contributed by atoms with Gasteiger partial charge in [0.05, 0.1) is 6.67 Å². The van der Waals surface area contributed by atoms with Crippen LogP contribution in [0.3, 0.4) is 0 Å². The molecule has 0 spiro atoms. The normalized spacial score (nSPS) is 10.9. The molecule has 0 heterocycles. The smallest absolute Gasteiger partial charge is 0.221 e. The molecule has 0 fully saturated rings. The zero-order valence-corrected chi connectivity index (χ0v) is 10.8. The lowest BCUT2D eigenvalue weighted by atomic mass is 10.5. The van der Waals surface area contributed by atoms with Gasteiger partial charge in [-0.15, -0.1) is 0 Å². The van der Waals surface area contributed by atoms with E-state index in [1.54, 1.807) is 14.0 Å². The van der Waals surface area contributed by atoms with Crippen LogP contribution in [-0.4, -0.2) is 33.9 Å². The second-order valence-electron chi connectivity index (χ2n) is 3.87. The number of carbonyl (C=O) groups excluding carboxylic acids is 2. The molecule has 0 aliphatic heterocycles. The van der Waals surface area contributed by atoms with Crippen LogP contribution in [0.1, 0.15) is 13.3 Å². The summed E-state index contributed by atoms with van der Waals surface area (Å²) in [5.74, 6) is -0.150. The summed E-state index contributed by atoms with van der Waals surface area (Å²) in [4.78, 5) is 22.2. The fourth-order valence-electron chi connectivity index (χ4n) is 0.888. The monoisotopic (exact) mass is 232 g/mol. The first-order valence-corrected chi connectivity index (χ1v) is 8.11. The highest BCUT2D eigenvalue weighted by Crippen LogP contribution is 2.08. The van der Waals surface area contributed by atoms with Gasteiger partial charge in [0.1, 0.15) is 0 Å². The molecule has 5 nitrogen and oxygen atoms in total. The van der Waals surface area contributed by atoms with Crippen LogP contribution < -0.4 is 10.6 Å². The molecule has 0 saturated carbocycles. The first-order chi connectivity index (χ1) is 6.91. The zero-order chi connectivity index (χ0) is 11.9. The molecule has 0 aromatic carbocycles. The van der Waals surface area contributed by atoms with Crippen molar-refractivity contribution in [3.63, 3.8) is 0 Å². The van der Waals surface area contributed by atoms with Crippen molar-refractivity contribution < 1.29 is 14.0 Å². The Hall–Kier alpha value is -0.883. The maximum absolute atomic E-state index is 11.4. The number of hydrogen-bond acceptors (Lipinski definition) is 3. The lowest BCUT2D eigenvalue weighted by Gasteiger charge is -2.19. The summed E-state index contributed by atoms with van der Waals surface area (Å²) in [7, 11) is -0.227. The van der Waals surface area contributed by atoms with Gasteiger partial charge < -0.3 is 15.1 Å². The standard InChI is InChI=1S/C9H20N2O3Si/c1-5-8(12)10-7-11-9(13)6-15(3,4)14-2/h5-7H2,1-4H3,(H,10,12)(H,11,13). The molecule has 0 aliphatic carbocycles. The van der Waals surface area contributed by atoms with Gasteiger partial charge in [-0.3, -0.25) is 9.59 Å². The highest BCUT2D eigenvalue weighted by Gasteiger charge is 2.24. The van der Waals surface area contributed by atoms with E-state index in [1.165, 1.54) is 0 Å². The summed E-state index contributed by atoms with van der Waals surface area (Å²) in [6.07, 6.45) is 0.425. The Balaban J connectivity index is 3.72. The van der Waals surface area contributed by atoms with Crippen molar-refractivity contribution in [3.05, 3.63) is 0 Å². The van der Waals surface area contributed by atoms with Crippen LogP contribution in [0.25, 0.3) is 0 Å². The molecule has 88 valence electrons. The highest BCUT2D eigenvalue weighted by molar-refractivity contribution is 6.74. The van der Waals surface area contributed by atoms with Gasteiger partial charge in [-0.25, -0.2) is 0 Å². The fourth-order valence-corrected chi connectivity index (χ4v) is 1.93. The summed E-state index contributed by atoms with van der Waals surface area (Å²) < 4.78 is 5.25. The van der Waals surface area contributed by atoms with Crippen LogP contribution in [0.15, 0.2) is 0 Å². The fraction of sp³-hybridized carbons (Fsp3) is 0.778. The van der Waals surface area contributed by atoms with Crippen LogP contribution in [-0.2, 0) is 14.0 Å². The van der Waals surface area contributed by atoms with Gasteiger partial charge >= 0.3 is 0 Å². The molecule has 0 aromatic heterocycles. The molecule has 6 heteroatoms. The van der Waals surface area contributed by atoms with Crippen molar-refractivity contribution in [3.8, 4) is 0 Å². The minimum Gasteiger partial charge on any atom is -0.420 e. The van der Waals surface area contributed by atoms with Crippen molar-refractivity contribution in [2.45, 2.75) is 32.5 Å². The van der Waals surface area contributed by atoms with Crippen molar-refractivity contribution in [1.82, 2.24) is 10.6 Å². The summed E-state index contributed by atoms with van der Waals surface area (Å²) in [5, 5.41) is 5.19. The second-order valence-corrected chi connectivity index (χ2v) is 8.15. The minimum absolute atomic E-state index is 0.0708. The van der Waals surface area contributed by atoms with E-state index >= 15 is 0 Å². The molecule has 2 N–H and O–H groups in total. The SMILES string of the molecule is CCC(=O)NCNC(=O)C[Si](C)(C)OC. The van der Waals surface area contributed by atoms with Gasteiger partial charge in [0.2, 0.25) is 11.8 Å². The summed E-state index contributed by atoms with van der Waals surface area (Å²) in [5.41, 5.74) is 0. The van der Waals surface area contributed by atoms with E-state index in [1.807, 2.05) is 13.1 Å². The maximum atomic E-state index is 11.4. The molecule has 0 atom stereocenters. The Bertz CT molecular complexity index is 231. The molecule has 0 bridgehead atoms. The van der Waals surface area contributed by atoms with E-state index in [0.717, 1.165) is 0 Å². The van der Waals surface area contributed by atoms with Gasteiger partial charge in [-0.1, -0.05) is 6.92 Å². The van der Waals surface area contributed by atoms with E-state index in [2.05, 4.69) is 10.6 Å². The zero-order valence-electron chi connectivity index (χ0n) is 9.85. The van der Waals surface area contributed by atoms with Crippen LogP contribution in [0.4, 0.5) is 0 Å². The summed E-state index contributed by atoms with van der Waals surface area (Å²) in [6.45, 7) is 5.90. The van der Waals surface area contributed by atoms with Gasteiger partial charge in [0, 0.05) is 19.6 Å². The van der Waals surface area contributed by atoms with E-state index in [4.69, 9.17) is 4.43 Å². The lowest BCUT2D eigenvalue weighted by Crippen LogP contribution is -2.41. The molecular formula is C9H20N2O3Si. The van der Waals surface area contributed by atoms with Gasteiger partial charge in [-0.2, -0.15) is 0 Å². The number of hydrogen-bond donors (Lipinski definition) is 2. The third kappa shape index (κ3) is 7.09. The van der Waals surface area contributed by atoms with Crippen molar-refractivity contribution in [1.29, 1.82) is 0 Å². The van der Waals surface area contributed by atoms with Crippen molar-refractivity contribution >= 4 is 20.1 Å². The molecule has 0 unspecified atom stereocenters. The third-order valence-corrected chi connectivity index (χ3v) is 4.31. The number of carbonyl (C=O) groups is 2. The Morgan fingerprint density at radius 3 is 2.20 bits per heavy atom. The first kappa shape index (κ1) is 14.1. The average molecular weight is 232 g/mol. The van der Waals surface area contributed by atoms with E-state index in [-0.39, 0.29) is 18.5 Å². The van der Waals surface area contributed by atoms with Crippen LogP contribution >= 0.6 is 0 Å². The van der Waals surface area contributed by atoms with Gasteiger partial charge in [-0.05, 0) is 13.1 Å². The molecular weight excluding hydrogens is 212 g/mol. The summed E-state index contributed by atoms with van der Waals surface area (Å²) in [6, 6.07) is 0.408. The van der Waals surface area contributed by atoms with Crippen molar-refractivity contribution in [2.24, 2.45) is 0 Å². The van der Waals surface area contributed by atoms with Crippen LogP contribution in [0.5, 0.6) is 0 Å². The van der Waals surface area contributed by atoms with Crippen molar-refractivity contribution in [2.75, 3.05) is 13.8 Å². The third-order valence-electron chi connectivity index (χ3n) is 2.03. The Morgan fingerprint density at radius 1 is 1.20 bits per heavy atom. The molecule has 0 saturated heterocycles. The molecule has 0 aliphatic rings. The van der Waals surface area contributed by atoms with Gasteiger partial charge in [0.15, 0.2) is 8.32 Å². The topological polar surface area (TPSA) is 67.4 Å². The Kier molecular flexibility index (Phi) is 6.19. The Morgan fingerprint density at radius 2 is 1.73 bits per heavy atom. The minimum atomic E-state index is -1.85. The summed E-state index contributed by atoms with van der Waals surface area (Å²) >= 11 is 0. The number of nitrogens with one attached hydrogen (secondary N) is 2. The highest BCUT2D eigenvalue weighted by atomic mass is 28.4. The number of amides is 2. The van der Waals surface area contributed by atoms with E-state index in [9.17, 15) is 9.59 Å². The maximum Gasteiger partial charge on any atom is 0.221 e. The largest absolute Gasteiger partial charge is 0.420 e. The average Bonchev–Trinajstić information content (AvgIpc) is 2.16. The molecule has 0 radical (unpaired) electrons. The molecule has 15 heavy (non-hydrogen) atoms.